The van der Waals surface area contributed by atoms with Crippen molar-refractivity contribution < 1.29 is 4.92 Å². The molecule has 1 aromatic carbocycles. The van der Waals surface area contributed by atoms with Crippen molar-refractivity contribution in [3.63, 3.8) is 0 Å². The van der Waals surface area contributed by atoms with Gasteiger partial charge < -0.3 is 4.90 Å². The number of nitrogens with zero attached hydrogens (tertiary/aromatic N) is 2. The monoisotopic (exact) mass is 282 g/mol. The molecule has 0 spiro atoms. The Morgan fingerprint density at radius 3 is 2.74 bits per heavy atom. The Hall–Kier alpha value is -1.29. The molecule has 0 radical (unpaired) electrons. The van der Waals surface area contributed by atoms with Gasteiger partial charge in [-0.1, -0.05) is 13.0 Å². The average molecular weight is 283 g/mol. The second-order valence-electron chi connectivity index (χ2n) is 5.10. The summed E-state index contributed by atoms with van der Waals surface area (Å²) in [5, 5.41) is 11.2. The van der Waals surface area contributed by atoms with Gasteiger partial charge in [-0.3, -0.25) is 10.1 Å². The van der Waals surface area contributed by atoms with Crippen LogP contribution in [0.15, 0.2) is 18.2 Å². The minimum absolute atomic E-state index is 0.173. The van der Waals surface area contributed by atoms with E-state index in [-0.39, 0.29) is 10.6 Å². The molecule has 0 saturated heterocycles. The van der Waals surface area contributed by atoms with Crippen LogP contribution in [0.25, 0.3) is 0 Å². The first-order valence-electron chi connectivity index (χ1n) is 6.74. The molecule has 0 N–H and O–H groups in total. The van der Waals surface area contributed by atoms with Crippen LogP contribution in [0.4, 0.5) is 11.4 Å². The van der Waals surface area contributed by atoms with Gasteiger partial charge in [0.15, 0.2) is 0 Å². The highest BCUT2D eigenvalue weighted by Gasteiger charge is 2.27. The number of benzene rings is 1. The van der Waals surface area contributed by atoms with Gasteiger partial charge in [0.05, 0.1) is 4.92 Å². The van der Waals surface area contributed by atoms with E-state index >= 15 is 0 Å². The van der Waals surface area contributed by atoms with E-state index in [1.165, 1.54) is 12.8 Å². The van der Waals surface area contributed by atoms with Crippen molar-refractivity contribution in [2.45, 2.75) is 32.1 Å². The highest BCUT2D eigenvalue weighted by Crippen LogP contribution is 2.35. The Labute approximate surface area is 118 Å². The van der Waals surface area contributed by atoms with Crippen LogP contribution in [0.1, 0.15) is 31.7 Å². The second-order valence-corrected chi connectivity index (χ2v) is 5.37. The number of nitro groups is 1. The first kappa shape index (κ1) is 14.1. The first-order chi connectivity index (χ1) is 9.15. The summed E-state index contributed by atoms with van der Waals surface area (Å²) in [6, 6.07) is 5.32. The van der Waals surface area contributed by atoms with Crippen molar-refractivity contribution in [2.75, 3.05) is 18.0 Å². The quantitative estimate of drug-likeness (QED) is 0.432. The molecule has 2 rings (SSSR count). The van der Waals surface area contributed by atoms with Gasteiger partial charge in [0.25, 0.3) is 5.69 Å². The number of hydrogen-bond donors (Lipinski definition) is 0. The first-order valence-corrected chi connectivity index (χ1v) is 7.27. The Morgan fingerprint density at radius 2 is 2.21 bits per heavy atom. The van der Waals surface area contributed by atoms with Crippen molar-refractivity contribution >= 4 is 23.0 Å². The summed E-state index contributed by atoms with van der Waals surface area (Å²) in [5.74, 6) is 1.01. The topological polar surface area (TPSA) is 46.4 Å². The predicted molar refractivity (Wildman–Crippen MR) is 77.9 cm³/mol. The minimum atomic E-state index is -0.305. The molecule has 1 saturated carbocycles. The Kier molecular flexibility index (Phi) is 4.64. The molecule has 1 aliphatic carbocycles. The predicted octanol–water partition coefficient (Wildman–Crippen LogP) is 3.96. The summed E-state index contributed by atoms with van der Waals surface area (Å²) in [6.07, 6.45) is 3.47. The lowest BCUT2D eigenvalue weighted by atomic mass is 10.1. The van der Waals surface area contributed by atoms with Gasteiger partial charge in [0.1, 0.15) is 5.69 Å². The molecule has 1 fully saturated rings. The lowest BCUT2D eigenvalue weighted by Gasteiger charge is -2.24. The summed E-state index contributed by atoms with van der Waals surface area (Å²) < 4.78 is 0. The maximum Gasteiger partial charge on any atom is 0.292 e. The number of nitro benzene ring substituents is 1. The molecule has 19 heavy (non-hydrogen) atoms. The van der Waals surface area contributed by atoms with Gasteiger partial charge >= 0.3 is 0 Å². The molecular weight excluding hydrogens is 264 g/mol. The zero-order valence-corrected chi connectivity index (χ0v) is 11.9. The second kappa shape index (κ2) is 6.24. The van der Waals surface area contributed by atoms with E-state index in [2.05, 4.69) is 11.8 Å². The number of rotatable bonds is 7. The summed E-state index contributed by atoms with van der Waals surface area (Å²) in [5.41, 5.74) is 1.69. The van der Waals surface area contributed by atoms with Crippen LogP contribution in [0.3, 0.4) is 0 Å². The molecular formula is C14H19ClN2O2. The lowest BCUT2D eigenvalue weighted by Crippen LogP contribution is -2.27. The smallest absolute Gasteiger partial charge is 0.292 e. The Bertz CT molecular complexity index is 461. The van der Waals surface area contributed by atoms with Gasteiger partial charge in [0.2, 0.25) is 0 Å². The van der Waals surface area contributed by atoms with Crippen molar-refractivity contribution in [3.8, 4) is 0 Å². The number of halogens is 1. The highest BCUT2D eigenvalue weighted by molar-refractivity contribution is 6.17. The van der Waals surface area contributed by atoms with Crippen molar-refractivity contribution in [1.29, 1.82) is 0 Å². The SMILES string of the molecule is CCCN(CC1CC1)c1ccc(CCl)cc1[N+](=O)[O-]. The van der Waals surface area contributed by atoms with Crippen LogP contribution >= 0.6 is 11.6 Å². The molecule has 0 aromatic heterocycles. The Morgan fingerprint density at radius 1 is 1.47 bits per heavy atom. The standard InChI is InChI=1S/C14H19ClN2O2/c1-2-7-16(10-11-3-4-11)13-6-5-12(9-15)8-14(13)17(18)19/h5-6,8,11H,2-4,7,9-10H2,1H3. The zero-order valence-electron chi connectivity index (χ0n) is 11.1. The molecule has 5 heteroatoms. The van der Waals surface area contributed by atoms with Crippen LogP contribution in [0.5, 0.6) is 0 Å². The molecule has 0 aliphatic heterocycles. The normalized spacial score (nSPS) is 14.4. The fraction of sp³-hybridized carbons (Fsp3) is 0.571. The van der Waals surface area contributed by atoms with Gasteiger partial charge in [-0.25, -0.2) is 0 Å². The van der Waals surface area contributed by atoms with Gasteiger partial charge in [-0.05, 0) is 36.8 Å². The third-order valence-electron chi connectivity index (χ3n) is 3.40. The third kappa shape index (κ3) is 3.60. The molecule has 0 bridgehead atoms. The molecule has 0 heterocycles. The maximum absolute atomic E-state index is 11.2. The van der Waals surface area contributed by atoms with E-state index < -0.39 is 0 Å². The van der Waals surface area contributed by atoms with Crippen molar-refractivity contribution in [1.82, 2.24) is 0 Å². The summed E-state index contributed by atoms with van der Waals surface area (Å²) in [6.45, 7) is 3.88. The molecule has 0 atom stereocenters. The van der Waals surface area contributed by atoms with Crippen LogP contribution in [0, 0.1) is 16.0 Å². The van der Waals surface area contributed by atoms with Crippen LogP contribution in [-0.4, -0.2) is 18.0 Å². The maximum atomic E-state index is 11.2. The molecule has 1 aromatic rings. The van der Waals surface area contributed by atoms with E-state index in [0.717, 1.165) is 30.8 Å². The average Bonchev–Trinajstić information content (AvgIpc) is 3.21. The van der Waals surface area contributed by atoms with Gasteiger partial charge in [-0.15, -0.1) is 11.6 Å². The summed E-state index contributed by atoms with van der Waals surface area (Å²) >= 11 is 5.75. The molecule has 4 nitrogen and oxygen atoms in total. The number of alkyl halides is 1. The van der Waals surface area contributed by atoms with E-state index in [1.807, 2.05) is 12.1 Å². The molecule has 0 unspecified atom stereocenters. The highest BCUT2D eigenvalue weighted by atomic mass is 35.5. The van der Waals surface area contributed by atoms with E-state index in [0.29, 0.717) is 11.8 Å². The van der Waals surface area contributed by atoms with Crippen LogP contribution in [-0.2, 0) is 5.88 Å². The van der Waals surface area contributed by atoms with E-state index in [1.54, 1.807) is 6.07 Å². The molecule has 1 aliphatic rings. The fourth-order valence-corrected chi connectivity index (χ4v) is 2.42. The zero-order chi connectivity index (χ0) is 13.8. The molecule has 0 amide bonds. The van der Waals surface area contributed by atoms with Gasteiger partial charge in [0, 0.05) is 25.0 Å². The minimum Gasteiger partial charge on any atom is -0.366 e. The summed E-state index contributed by atoms with van der Waals surface area (Å²) in [4.78, 5) is 13.1. The lowest BCUT2D eigenvalue weighted by molar-refractivity contribution is -0.384. The van der Waals surface area contributed by atoms with Gasteiger partial charge in [-0.2, -0.15) is 0 Å². The molecule has 104 valence electrons. The third-order valence-corrected chi connectivity index (χ3v) is 3.71. The number of anilines is 1. The fourth-order valence-electron chi connectivity index (χ4n) is 2.26. The van der Waals surface area contributed by atoms with E-state index in [4.69, 9.17) is 11.6 Å². The Balaban J connectivity index is 2.30. The van der Waals surface area contributed by atoms with Crippen LogP contribution in [0.2, 0.25) is 0 Å². The summed E-state index contributed by atoms with van der Waals surface area (Å²) in [7, 11) is 0. The van der Waals surface area contributed by atoms with E-state index in [9.17, 15) is 10.1 Å². The van der Waals surface area contributed by atoms with Crippen LogP contribution < -0.4 is 4.90 Å². The van der Waals surface area contributed by atoms with Crippen molar-refractivity contribution in [2.24, 2.45) is 5.92 Å². The van der Waals surface area contributed by atoms with Crippen molar-refractivity contribution in [3.05, 3.63) is 33.9 Å². The number of hydrogen-bond acceptors (Lipinski definition) is 3. The largest absolute Gasteiger partial charge is 0.366 e.